The van der Waals surface area contributed by atoms with E-state index in [1.54, 1.807) is 11.3 Å². The Bertz CT molecular complexity index is 933. The van der Waals surface area contributed by atoms with Gasteiger partial charge in [0.25, 0.3) is 5.19 Å². The van der Waals surface area contributed by atoms with E-state index in [2.05, 4.69) is 28.1 Å². The average Bonchev–Trinajstić information content (AvgIpc) is 3.50. The molecule has 0 saturated heterocycles. The van der Waals surface area contributed by atoms with Crippen LogP contribution in [0.15, 0.2) is 48.5 Å². The summed E-state index contributed by atoms with van der Waals surface area (Å²) < 4.78 is 11.9. The van der Waals surface area contributed by atoms with Crippen molar-refractivity contribution in [2.75, 3.05) is 20.2 Å². The van der Waals surface area contributed by atoms with Crippen molar-refractivity contribution < 1.29 is 14.3 Å². The van der Waals surface area contributed by atoms with Crippen molar-refractivity contribution in [3.05, 3.63) is 54.1 Å². The second kappa shape index (κ2) is 8.93. The van der Waals surface area contributed by atoms with Crippen LogP contribution in [0.25, 0.3) is 10.2 Å². The normalized spacial score (nSPS) is 14.9. The van der Waals surface area contributed by atoms with Gasteiger partial charge in [0, 0.05) is 19.1 Å². The molecule has 1 unspecified atom stereocenters. The van der Waals surface area contributed by atoms with Crippen LogP contribution in [0.4, 0.5) is 0 Å². The summed E-state index contributed by atoms with van der Waals surface area (Å²) in [6.07, 6.45) is 3.40. The molecular formula is C23H26N2O3S. The van der Waals surface area contributed by atoms with Crippen LogP contribution in [0.2, 0.25) is 0 Å². The predicted molar refractivity (Wildman–Crippen MR) is 116 cm³/mol. The smallest absolute Gasteiger partial charge is 0.309 e. The Labute approximate surface area is 175 Å². The standard InChI is InChI=1S/C23H26N2O3S/c1-16(22(26)27-2)15-25(18-9-10-18)14-13-17-7-11-19(12-8-17)28-23-24-20-5-3-4-6-21(20)29-23/h3-8,11-12,16,18H,9-10,13-15H2,1-2H3. The van der Waals surface area contributed by atoms with E-state index in [0.717, 1.165) is 35.5 Å². The number of nitrogens with zero attached hydrogens (tertiary/aromatic N) is 2. The van der Waals surface area contributed by atoms with E-state index in [0.29, 0.717) is 11.2 Å². The lowest BCUT2D eigenvalue weighted by Crippen LogP contribution is -2.35. The molecule has 1 aliphatic carbocycles. The van der Waals surface area contributed by atoms with Crippen LogP contribution in [-0.4, -0.2) is 42.1 Å². The summed E-state index contributed by atoms with van der Waals surface area (Å²) in [5.74, 6) is 0.573. The number of ether oxygens (including phenoxy) is 2. The number of carbonyl (C=O) groups excluding carboxylic acids is 1. The van der Waals surface area contributed by atoms with E-state index in [1.807, 2.05) is 37.3 Å². The van der Waals surface area contributed by atoms with Gasteiger partial charge in [-0.25, -0.2) is 4.98 Å². The number of carbonyl (C=O) groups is 1. The Morgan fingerprint density at radius 1 is 1.21 bits per heavy atom. The van der Waals surface area contributed by atoms with Crippen LogP contribution in [0.1, 0.15) is 25.3 Å². The molecule has 2 aromatic carbocycles. The first kappa shape index (κ1) is 19.9. The largest absolute Gasteiger partial charge is 0.469 e. The Morgan fingerprint density at radius 3 is 2.66 bits per heavy atom. The van der Waals surface area contributed by atoms with E-state index in [1.165, 1.54) is 25.5 Å². The minimum Gasteiger partial charge on any atom is -0.469 e. The van der Waals surface area contributed by atoms with E-state index >= 15 is 0 Å². The van der Waals surface area contributed by atoms with Gasteiger partial charge in [0.05, 0.1) is 23.2 Å². The molecule has 29 heavy (non-hydrogen) atoms. The minimum atomic E-state index is -0.132. The monoisotopic (exact) mass is 410 g/mol. The molecule has 3 aromatic rings. The molecule has 152 valence electrons. The second-order valence-corrected chi connectivity index (χ2v) is 8.59. The van der Waals surface area contributed by atoms with Crippen LogP contribution in [0, 0.1) is 5.92 Å². The van der Waals surface area contributed by atoms with Crippen LogP contribution in [0.3, 0.4) is 0 Å². The first-order chi connectivity index (χ1) is 14.1. The average molecular weight is 411 g/mol. The first-order valence-electron chi connectivity index (χ1n) is 10.1. The third-order valence-electron chi connectivity index (χ3n) is 5.27. The summed E-state index contributed by atoms with van der Waals surface area (Å²) in [5.41, 5.74) is 2.23. The van der Waals surface area contributed by atoms with Gasteiger partial charge >= 0.3 is 5.97 Å². The molecule has 4 rings (SSSR count). The Hall–Kier alpha value is -2.44. The summed E-state index contributed by atoms with van der Waals surface area (Å²) in [6.45, 7) is 3.65. The van der Waals surface area contributed by atoms with Crippen molar-refractivity contribution >= 4 is 27.5 Å². The number of thiazole rings is 1. The zero-order valence-corrected chi connectivity index (χ0v) is 17.7. The highest BCUT2D eigenvalue weighted by Crippen LogP contribution is 2.31. The number of methoxy groups -OCH3 is 1. The number of aromatic nitrogens is 1. The molecule has 1 heterocycles. The fraction of sp³-hybridized carbons (Fsp3) is 0.391. The second-order valence-electron chi connectivity index (χ2n) is 7.59. The van der Waals surface area contributed by atoms with Crippen molar-refractivity contribution in [1.82, 2.24) is 9.88 Å². The highest BCUT2D eigenvalue weighted by Gasteiger charge is 2.31. The molecule has 1 aromatic heterocycles. The zero-order chi connectivity index (χ0) is 20.2. The van der Waals surface area contributed by atoms with Crippen LogP contribution < -0.4 is 4.74 Å². The maximum Gasteiger partial charge on any atom is 0.309 e. The fourth-order valence-electron chi connectivity index (χ4n) is 3.48. The van der Waals surface area contributed by atoms with Gasteiger partial charge in [0.1, 0.15) is 5.75 Å². The quantitative estimate of drug-likeness (QED) is 0.470. The molecule has 1 atom stereocenters. The maximum atomic E-state index is 11.7. The number of hydrogen-bond donors (Lipinski definition) is 0. The third kappa shape index (κ3) is 5.14. The highest BCUT2D eigenvalue weighted by atomic mass is 32.1. The van der Waals surface area contributed by atoms with Crippen LogP contribution in [0.5, 0.6) is 10.9 Å². The summed E-state index contributed by atoms with van der Waals surface area (Å²) >= 11 is 1.55. The van der Waals surface area contributed by atoms with Crippen LogP contribution >= 0.6 is 11.3 Å². The number of benzene rings is 2. The van der Waals surface area contributed by atoms with E-state index in [4.69, 9.17) is 9.47 Å². The van der Waals surface area contributed by atoms with Gasteiger partial charge in [-0.15, -0.1) is 0 Å². The predicted octanol–water partition coefficient (Wildman–Crippen LogP) is 4.90. The SMILES string of the molecule is COC(=O)C(C)CN(CCc1ccc(Oc2nc3ccccc3s2)cc1)C1CC1. The van der Waals surface area contributed by atoms with Gasteiger partial charge in [0.15, 0.2) is 0 Å². The van der Waals surface area contributed by atoms with Gasteiger partial charge in [-0.2, -0.15) is 0 Å². The number of hydrogen-bond acceptors (Lipinski definition) is 6. The molecule has 0 N–H and O–H groups in total. The topological polar surface area (TPSA) is 51.7 Å². The third-order valence-corrected chi connectivity index (χ3v) is 6.18. The van der Waals surface area contributed by atoms with E-state index in [-0.39, 0.29) is 11.9 Å². The molecule has 0 spiro atoms. The lowest BCUT2D eigenvalue weighted by Gasteiger charge is -2.24. The van der Waals surface area contributed by atoms with E-state index in [9.17, 15) is 4.79 Å². The Kier molecular flexibility index (Phi) is 6.11. The van der Waals surface area contributed by atoms with Gasteiger partial charge in [0.2, 0.25) is 0 Å². The molecule has 0 amide bonds. The number of para-hydroxylation sites is 1. The number of esters is 1. The van der Waals surface area contributed by atoms with Gasteiger partial charge in [-0.05, 0) is 49.1 Å². The molecule has 1 fully saturated rings. The lowest BCUT2D eigenvalue weighted by atomic mass is 10.1. The van der Waals surface area contributed by atoms with Crippen molar-refractivity contribution in [3.8, 4) is 10.9 Å². The van der Waals surface area contributed by atoms with Gasteiger partial charge in [-0.3, -0.25) is 9.69 Å². The summed E-state index contributed by atoms with van der Waals surface area (Å²) in [4.78, 5) is 18.7. The maximum absolute atomic E-state index is 11.7. The van der Waals surface area contributed by atoms with Gasteiger partial charge in [-0.1, -0.05) is 42.5 Å². The molecule has 5 nitrogen and oxygen atoms in total. The van der Waals surface area contributed by atoms with Gasteiger partial charge < -0.3 is 9.47 Å². The van der Waals surface area contributed by atoms with Crippen molar-refractivity contribution in [1.29, 1.82) is 0 Å². The molecule has 0 aliphatic heterocycles. The minimum absolute atomic E-state index is 0.0924. The molecule has 1 aliphatic rings. The lowest BCUT2D eigenvalue weighted by molar-refractivity contribution is -0.145. The molecule has 0 bridgehead atoms. The fourth-order valence-corrected chi connectivity index (χ4v) is 4.32. The Morgan fingerprint density at radius 2 is 1.97 bits per heavy atom. The molecule has 0 radical (unpaired) electrons. The summed E-state index contributed by atoms with van der Waals surface area (Å²) in [5, 5.41) is 0.663. The first-order valence-corrected chi connectivity index (χ1v) is 10.9. The molecule has 1 saturated carbocycles. The van der Waals surface area contributed by atoms with Crippen molar-refractivity contribution in [3.63, 3.8) is 0 Å². The van der Waals surface area contributed by atoms with E-state index < -0.39 is 0 Å². The van der Waals surface area contributed by atoms with Crippen molar-refractivity contribution in [2.45, 2.75) is 32.2 Å². The Balaban J connectivity index is 1.33. The zero-order valence-electron chi connectivity index (χ0n) is 16.8. The summed E-state index contributed by atoms with van der Waals surface area (Å²) in [7, 11) is 1.46. The van der Waals surface area contributed by atoms with Crippen LogP contribution in [-0.2, 0) is 16.0 Å². The molecule has 6 heteroatoms. The molecular weight excluding hydrogens is 384 g/mol. The number of fused-ring (bicyclic) bond motifs is 1. The number of rotatable bonds is 9. The summed E-state index contributed by atoms with van der Waals surface area (Å²) in [6, 6.07) is 16.9. The highest BCUT2D eigenvalue weighted by molar-refractivity contribution is 7.20. The van der Waals surface area contributed by atoms with Crippen molar-refractivity contribution in [2.24, 2.45) is 5.92 Å².